The molecule has 4 heteroatoms. The van der Waals surface area contributed by atoms with Gasteiger partial charge in [0.05, 0.1) is 0 Å². The van der Waals surface area contributed by atoms with E-state index >= 15 is 0 Å². The van der Waals surface area contributed by atoms with Crippen LogP contribution in [0.1, 0.15) is 56.8 Å². The number of nitrogens with one attached hydrogen (secondary N) is 1. The van der Waals surface area contributed by atoms with Gasteiger partial charge in [0, 0.05) is 24.0 Å². The van der Waals surface area contributed by atoms with Crippen molar-refractivity contribution >= 4 is 5.95 Å². The summed E-state index contributed by atoms with van der Waals surface area (Å²) in [6, 6.07) is 2.37. The number of nitrogens with two attached hydrogens (primary N) is 1. The van der Waals surface area contributed by atoms with Crippen LogP contribution in [-0.4, -0.2) is 22.6 Å². The molecule has 0 amide bonds. The van der Waals surface area contributed by atoms with E-state index in [1.54, 1.807) is 0 Å². The van der Waals surface area contributed by atoms with E-state index in [0.717, 1.165) is 17.3 Å². The highest BCUT2D eigenvalue weighted by Crippen LogP contribution is 2.28. The van der Waals surface area contributed by atoms with Gasteiger partial charge >= 0.3 is 0 Å². The molecule has 0 saturated heterocycles. The second-order valence-corrected chi connectivity index (χ2v) is 5.94. The number of rotatable bonds is 5. The zero-order valence-corrected chi connectivity index (χ0v) is 12.3. The van der Waals surface area contributed by atoms with Crippen molar-refractivity contribution in [2.75, 3.05) is 11.9 Å². The Bertz CT molecular complexity index is 411. The van der Waals surface area contributed by atoms with Crippen LogP contribution in [0.3, 0.4) is 0 Å². The van der Waals surface area contributed by atoms with Gasteiger partial charge in [-0.15, -0.1) is 0 Å². The lowest BCUT2D eigenvalue weighted by Crippen LogP contribution is -2.36. The Labute approximate surface area is 116 Å². The molecule has 1 fully saturated rings. The fourth-order valence-electron chi connectivity index (χ4n) is 2.85. The van der Waals surface area contributed by atoms with Crippen LogP contribution in [0.4, 0.5) is 5.95 Å². The van der Waals surface area contributed by atoms with Crippen molar-refractivity contribution < 1.29 is 0 Å². The van der Waals surface area contributed by atoms with Crippen LogP contribution in [0.2, 0.25) is 0 Å². The molecule has 1 heterocycles. The predicted octanol–water partition coefficient (Wildman–Crippen LogP) is 2.84. The molecule has 1 atom stereocenters. The fraction of sp³-hybridized carbons (Fsp3) is 0.733. The highest BCUT2D eigenvalue weighted by molar-refractivity contribution is 5.31. The average molecular weight is 262 g/mol. The summed E-state index contributed by atoms with van der Waals surface area (Å²) >= 11 is 0. The van der Waals surface area contributed by atoms with Crippen molar-refractivity contribution in [3.05, 3.63) is 17.5 Å². The van der Waals surface area contributed by atoms with E-state index in [1.807, 2.05) is 6.92 Å². The SMILES string of the molecule is Cc1cc(C(C)C)nc(NC(CN)C2CCCC2)n1. The van der Waals surface area contributed by atoms with Gasteiger partial charge in [-0.05, 0) is 37.7 Å². The first-order chi connectivity index (χ1) is 9.10. The normalized spacial score (nSPS) is 17.9. The second kappa shape index (κ2) is 6.33. The molecule has 1 saturated carbocycles. The predicted molar refractivity (Wildman–Crippen MR) is 79.3 cm³/mol. The second-order valence-electron chi connectivity index (χ2n) is 5.94. The molecular formula is C15H26N4. The number of aromatic nitrogens is 2. The highest BCUT2D eigenvalue weighted by Gasteiger charge is 2.24. The Hall–Kier alpha value is -1.16. The number of anilines is 1. The van der Waals surface area contributed by atoms with Crippen molar-refractivity contribution in [2.45, 2.75) is 58.4 Å². The van der Waals surface area contributed by atoms with E-state index in [-0.39, 0.29) is 0 Å². The van der Waals surface area contributed by atoms with E-state index in [1.165, 1.54) is 25.7 Å². The Morgan fingerprint density at radius 2 is 2.00 bits per heavy atom. The molecule has 0 aromatic carbocycles. The van der Waals surface area contributed by atoms with Gasteiger partial charge in [0.1, 0.15) is 0 Å². The first-order valence-corrected chi connectivity index (χ1v) is 7.42. The summed E-state index contributed by atoms with van der Waals surface area (Å²) in [6.45, 7) is 6.98. The first-order valence-electron chi connectivity index (χ1n) is 7.42. The molecule has 1 unspecified atom stereocenters. The van der Waals surface area contributed by atoms with Crippen LogP contribution in [0, 0.1) is 12.8 Å². The van der Waals surface area contributed by atoms with Crippen LogP contribution in [0.15, 0.2) is 6.07 Å². The van der Waals surface area contributed by atoms with E-state index in [9.17, 15) is 0 Å². The quantitative estimate of drug-likeness (QED) is 0.856. The van der Waals surface area contributed by atoms with Crippen molar-refractivity contribution in [1.82, 2.24) is 9.97 Å². The van der Waals surface area contributed by atoms with Crippen LogP contribution >= 0.6 is 0 Å². The zero-order chi connectivity index (χ0) is 13.8. The van der Waals surface area contributed by atoms with E-state index in [2.05, 4.69) is 35.2 Å². The van der Waals surface area contributed by atoms with Gasteiger partial charge in [0.25, 0.3) is 0 Å². The number of hydrogen-bond acceptors (Lipinski definition) is 4. The molecule has 1 aliphatic rings. The fourth-order valence-corrected chi connectivity index (χ4v) is 2.85. The third-order valence-electron chi connectivity index (χ3n) is 4.00. The summed E-state index contributed by atoms with van der Waals surface area (Å²) in [5, 5.41) is 3.46. The standard InChI is InChI=1S/C15H26N4/c1-10(2)13-8-11(3)17-15(18-13)19-14(9-16)12-6-4-5-7-12/h8,10,12,14H,4-7,9,16H2,1-3H3,(H,17,18,19). The zero-order valence-electron chi connectivity index (χ0n) is 12.3. The Morgan fingerprint density at radius 3 is 2.58 bits per heavy atom. The molecule has 2 rings (SSSR count). The summed E-state index contributed by atoms with van der Waals surface area (Å²) < 4.78 is 0. The lowest BCUT2D eigenvalue weighted by Gasteiger charge is -2.23. The maximum absolute atomic E-state index is 5.92. The van der Waals surface area contributed by atoms with Gasteiger partial charge in [-0.25, -0.2) is 9.97 Å². The van der Waals surface area contributed by atoms with Crippen molar-refractivity contribution in [1.29, 1.82) is 0 Å². The number of aryl methyl sites for hydroxylation is 1. The molecule has 106 valence electrons. The lowest BCUT2D eigenvalue weighted by atomic mass is 9.98. The number of hydrogen-bond donors (Lipinski definition) is 2. The molecule has 3 N–H and O–H groups in total. The van der Waals surface area contributed by atoms with Crippen molar-refractivity contribution in [3.8, 4) is 0 Å². The van der Waals surface area contributed by atoms with Crippen LogP contribution in [-0.2, 0) is 0 Å². The van der Waals surface area contributed by atoms with Gasteiger partial charge < -0.3 is 11.1 Å². The molecule has 0 bridgehead atoms. The largest absolute Gasteiger partial charge is 0.350 e. The molecule has 4 nitrogen and oxygen atoms in total. The molecule has 0 aliphatic heterocycles. The summed E-state index contributed by atoms with van der Waals surface area (Å²) in [5.41, 5.74) is 8.03. The summed E-state index contributed by atoms with van der Waals surface area (Å²) in [5.74, 6) is 1.84. The molecule has 0 radical (unpaired) electrons. The topological polar surface area (TPSA) is 63.8 Å². The monoisotopic (exact) mass is 262 g/mol. The Morgan fingerprint density at radius 1 is 1.32 bits per heavy atom. The van der Waals surface area contributed by atoms with Gasteiger partial charge in [0.15, 0.2) is 0 Å². The van der Waals surface area contributed by atoms with Gasteiger partial charge in [-0.1, -0.05) is 26.7 Å². The summed E-state index contributed by atoms with van der Waals surface area (Å²) in [4.78, 5) is 9.11. The van der Waals surface area contributed by atoms with E-state index < -0.39 is 0 Å². The molecule has 1 aromatic heterocycles. The smallest absolute Gasteiger partial charge is 0.223 e. The molecule has 0 spiro atoms. The minimum atomic E-state index is 0.310. The molecular weight excluding hydrogens is 236 g/mol. The molecule has 1 aromatic rings. The minimum Gasteiger partial charge on any atom is -0.350 e. The average Bonchev–Trinajstić information content (AvgIpc) is 2.89. The summed E-state index contributed by atoms with van der Waals surface area (Å²) in [6.07, 6.45) is 5.21. The third-order valence-corrected chi connectivity index (χ3v) is 4.00. The first kappa shape index (κ1) is 14.3. The molecule has 1 aliphatic carbocycles. The van der Waals surface area contributed by atoms with Crippen molar-refractivity contribution in [2.24, 2.45) is 11.7 Å². The Kier molecular flexibility index (Phi) is 4.75. The maximum atomic E-state index is 5.92. The molecule has 19 heavy (non-hydrogen) atoms. The highest BCUT2D eigenvalue weighted by atomic mass is 15.1. The van der Waals surface area contributed by atoms with Gasteiger partial charge in [0.2, 0.25) is 5.95 Å². The van der Waals surface area contributed by atoms with Crippen LogP contribution in [0.5, 0.6) is 0 Å². The van der Waals surface area contributed by atoms with Gasteiger partial charge in [-0.2, -0.15) is 0 Å². The van der Waals surface area contributed by atoms with Crippen LogP contribution in [0.25, 0.3) is 0 Å². The summed E-state index contributed by atoms with van der Waals surface area (Å²) in [7, 11) is 0. The van der Waals surface area contributed by atoms with E-state index in [4.69, 9.17) is 5.73 Å². The minimum absolute atomic E-state index is 0.310. The maximum Gasteiger partial charge on any atom is 0.223 e. The van der Waals surface area contributed by atoms with Crippen molar-refractivity contribution in [3.63, 3.8) is 0 Å². The third kappa shape index (κ3) is 3.66. The number of nitrogens with zero attached hydrogens (tertiary/aromatic N) is 2. The van der Waals surface area contributed by atoms with E-state index in [0.29, 0.717) is 24.4 Å². The lowest BCUT2D eigenvalue weighted by molar-refractivity contribution is 0.460. The van der Waals surface area contributed by atoms with Gasteiger partial charge in [-0.3, -0.25) is 0 Å². The van der Waals surface area contributed by atoms with Crippen LogP contribution < -0.4 is 11.1 Å². The Balaban J connectivity index is 2.12.